The van der Waals surface area contributed by atoms with Gasteiger partial charge in [-0.2, -0.15) is 5.10 Å². The van der Waals surface area contributed by atoms with Gasteiger partial charge in [-0.05, 0) is 30.0 Å². The first kappa shape index (κ1) is 15.1. The second-order valence-electron chi connectivity index (χ2n) is 5.20. The second kappa shape index (κ2) is 6.92. The van der Waals surface area contributed by atoms with Crippen molar-refractivity contribution in [1.29, 1.82) is 0 Å². The summed E-state index contributed by atoms with van der Waals surface area (Å²) >= 11 is 0. The van der Waals surface area contributed by atoms with E-state index in [0.29, 0.717) is 17.5 Å². The zero-order chi connectivity index (χ0) is 15.2. The van der Waals surface area contributed by atoms with Gasteiger partial charge in [0.15, 0.2) is 12.4 Å². The normalized spacial score (nSPS) is 10.7. The summed E-state index contributed by atoms with van der Waals surface area (Å²) in [7, 11) is 0. The van der Waals surface area contributed by atoms with E-state index in [9.17, 15) is 4.79 Å². The smallest absolute Gasteiger partial charge is 0.263 e. The summed E-state index contributed by atoms with van der Waals surface area (Å²) in [6, 6.07) is 9.61. The molecular formula is C16H21N3O2. The van der Waals surface area contributed by atoms with Crippen LogP contribution in [-0.4, -0.2) is 22.7 Å². The Morgan fingerprint density at radius 1 is 1.38 bits per heavy atom. The first-order chi connectivity index (χ1) is 10.1. The minimum Gasteiger partial charge on any atom is -0.484 e. The van der Waals surface area contributed by atoms with Gasteiger partial charge in [0.1, 0.15) is 5.75 Å². The highest BCUT2D eigenvalue weighted by atomic mass is 16.5. The number of hydrogen-bond acceptors (Lipinski definition) is 3. The lowest BCUT2D eigenvalue weighted by atomic mass is 10.0. The Morgan fingerprint density at radius 2 is 2.19 bits per heavy atom. The van der Waals surface area contributed by atoms with Crippen molar-refractivity contribution in [3.63, 3.8) is 0 Å². The highest BCUT2D eigenvalue weighted by molar-refractivity contribution is 5.90. The number of ether oxygens (including phenoxy) is 1. The van der Waals surface area contributed by atoms with Crippen LogP contribution in [0, 0.1) is 0 Å². The number of aryl methyl sites for hydroxylation is 1. The summed E-state index contributed by atoms with van der Waals surface area (Å²) in [6.45, 7) is 6.23. The summed E-state index contributed by atoms with van der Waals surface area (Å²) in [6.07, 6.45) is 0.849. The quantitative estimate of drug-likeness (QED) is 0.857. The molecule has 0 fully saturated rings. The van der Waals surface area contributed by atoms with Gasteiger partial charge in [0.05, 0.1) is 0 Å². The average molecular weight is 287 g/mol. The molecule has 5 nitrogen and oxygen atoms in total. The van der Waals surface area contributed by atoms with Crippen LogP contribution in [0.3, 0.4) is 0 Å². The number of hydrogen-bond donors (Lipinski definition) is 2. The molecule has 0 spiro atoms. The lowest BCUT2D eigenvalue weighted by Gasteiger charge is -2.09. The van der Waals surface area contributed by atoms with E-state index in [2.05, 4.69) is 29.4 Å². The van der Waals surface area contributed by atoms with E-state index in [4.69, 9.17) is 4.74 Å². The highest BCUT2D eigenvalue weighted by Crippen LogP contribution is 2.20. The third kappa shape index (κ3) is 4.34. The molecule has 0 aliphatic rings. The van der Waals surface area contributed by atoms with Crippen LogP contribution in [0.5, 0.6) is 5.75 Å². The molecule has 0 aliphatic heterocycles. The molecule has 1 aromatic carbocycles. The molecule has 1 heterocycles. The van der Waals surface area contributed by atoms with Crippen LogP contribution in [-0.2, 0) is 11.2 Å². The first-order valence-corrected chi connectivity index (χ1v) is 7.15. The number of aromatic nitrogens is 2. The van der Waals surface area contributed by atoms with Gasteiger partial charge in [-0.25, -0.2) is 0 Å². The van der Waals surface area contributed by atoms with Gasteiger partial charge in [-0.3, -0.25) is 9.89 Å². The number of nitrogens with zero attached hydrogens (tertiary/aromatic N) is 1. The number of anilines is 1. The topological polar surface area (TPSA) is 67.0 Å². The molecule has 1 amide bonds. The predicted molar refractivity (Wildman–Crippen MR) is 82.6 cm³/mol. The van der Waals surface area contributed by atoms with Crippen molar-refractivity contribution in [1.82, 2.24) is 10.2 Å². The zero-order valence-electron chi connectivity index (χ0n) is 12.6. The minimum absolute atomic E-state index is 0.0319. The van der Waals surface area contributed by atoms with E-state index in [0.717, 1.165) is 12.1 Å². The van der Waals surface area contributed by atoms with Crippen molar-refractivity contribution in [2.75, 3.05) is 11.9 Å². The van der Waals surface area contributed by atoms with Crippen molar-refractivity contribution in [3.8, 4) is 5.75 Å². The molecule has 21 heavy (non-hydrogen) atoms. The van der Waals surface area contributed by atoms with Gasteiger partial charge in [-0.1, -0.05) is 32.9 Å². The Morgan fingerprint density at radius 3 is 2.86 bits per heavy atom. The largest absolute Gasteiger partial charge is 0.484 e. The molecule has 0 atom stereocenters. The molecule has 1 aromatic heterocycles. The molecule has 0 saturated heterocycles. The Hall–Kier alpha value is -2.30. The lowest BCUT2D eigenvalue weighted by molar-refractivity contribution is -0.118. The van der Waals surface area contributed by atoms with E-state index >= 15 is 0 Å². The van der Waals surface area contributed by atoms with E-state index in [-0.39, 0.29) is 12.5 Å². The third-order valence-electron chi connectivity index (χ3n) is 3.17. The van der Waals surface area contributed by atoms with Gasteiger partial charge < -0.3 is 10.1 Å². The zero-order valence-corrected chi connectivity index (χ0v) is 12.6. The molecule has 5 heteroatoms. The summed E-state index contributed by atoms with van der Waals surface area (Å²) in [4.78, 5) is 11.8. The van der Waals surface area contributed by atoms with Crippen molar-refractivity contribution >= 4 is 11.7 Å². The van der Waals surface area contributed by atoms with Crippen LogP contribution < -0.4 is 10.1 Å². The highest BCUT2D eigenvalue weighted by Gasteiger charge is 2.07. The van der Waals surface area contributed by atoms with Crippen LogP contribution >= 0.6 is 0 Å². The Bertz CT molecular complexity index is 605. The summed E-state index contributed by atoms with van der Waals surface area (Å²) < 4.78 is 5.51. The van der Waals surface area contributed by atoms with E-state index in [1.807, 2.05) is 37.3 Å². The summed E-state index contributed by atoms with van der Waals surface area (Å²) in [5, 5.41) is 9.55. The lowest BCUT2D eigenvalue weighted by Crippen LogP contribution is -2.20. The van der Waals surface area contributed by atoms with Crippen molar-refractivity contribution in [3.05, 3.63) is 41.6 Å². The number of benzene rings is 1. The Kier molecular flexibility index (Phi) is 4.98. The number of carbonyl (C=O) groups is 1. The average Bonchev–Trinajstić information content (AvgIpc) is 2.93. The number of aromatic amines is 1. The van der Waals surface area contributed by atoms with Gasteiger partial charge in [-0.15, -0.1) is 0 Å². The van der Waals surface area contributed by atoms with Crippen molar-refractivity contribution in [2.24, 2.45) is 0 Å². The minimum atomic E-state index is -0.223. The predicted octanol–water partition coefficient (Wildman–Crippen LogP) is 3.11. The molecule has 2 aromatic rings. The number of rotatable bonds is 6. The molecule has 0 unspecified atom stereocenters. The fourth-order valence-corrected chi connectivity index (χ4v) is 1.90. The standard InChI is InChI=1S/C16H21N3O2/c1-4-13-9-15(19-18-13)17-16(20)10-21-14-7-5-6-12(8-14)11(2)3/h5-9,11H,4,10H2,1-3H3,(H2,17,18,19,20). The van der Waals surface area contributed by atoms with Crippen LogP contribution in [0.1, 0.15) is 37.9 Å². The van der Waals surface area contributed by atoms with Gasteiger partial charge in [0.25, 0.3) is 5.91 Å². The number of carbonyl (C=O) groups excluding carboxylic acids is 1. The van der Waals surface area contributed by atoms with Crippen molar-refractivity contribution < 1.29 is 9.53 Å². The Balaban J connectivity index is 1.87. The molecule has 0 aliphatic carbocycles. The number of nitrogens with one attached hydrogen (secondary N) is 2. The fraction of sp³-hybridized carbons (Fsp3) is 0.375. The van der Waals surface area contributed by atoms with E-state index in [1.165, 1.54) is 5.56 Å². The van der Waals surface area contributed by atoms with Gasteiger partial charge in [0, 0.05) is 11.8 Å². The summed E-state index contributed by atoms with van der Waals surface area (Å²) in [5.74, 6) is 1.43. The van der Waals surface area contributed by atoms with Crippen LogP contribution in [0.2, 0.25) is 0 Å². The second-order valence-corrected chi connectivity index (χ2v) is 5.20. The van der Waals surface area contributed by atoms with Crippen LogP contribution in [0.25, 0.3) is 0 Å². The molecule has 0 radical (unpaired) electrons. The molecular weight excluding hydrogens is 266 g/mol. The van der Waals surface area contributed by atoms with E-state index < -0.39 is 0 Å². The molecule has 2 N–H and O–H groups in total. The van der Waals surface area contributed by atoms with E-state index in [1.54, 1.807) is 0 Å². The monoisotopic (exact) mass is 287 g/mol. The fourth-order valence-electron chi connectivity index (χ4n) is 1.90. The maximum atomic E-state index is 11.8. The van der Waals surface area contributed by atoms with Crippen LogP contribution in [0.15, 0.2) is 30.3 Å². The number of H-pyrrole nitrogens is 1. The Labute approximate surface area is 124 Å². The maximum Gasteiger partial charge on any atom is 0.263 e. The van der Waals surface area contributed by atoms with Gasteiger partial charge in [0.2, 0.25) is 0 Å². The molecule has 2 rings (SSSR count). The van der Waals surface area contributed by atoms with Crippen molar-refractivity contribution in [2.45, 2.75) is 33.1 Å². The maximum absolute atomic E-state index is 11.8. The summed E-state index contributed by atoms with van der Waals surface area (Å²) in [5.41, 5.74) is 2.17. The molecule has 0 saturated carbocycles. The molecule has 0 bridgehead atoms. The third-order valence-corrected chi connectivity index (χ3v) is 3.17. The van der Waals surface area contributed by atoms with Crippen LogP contribution in [0.4, 0.5) is 5.82 Å². The van der Waals surface area contributed by atoms with Gasteiger partial charge >= 0.3 is 0 Å². The molecule has 112 valence electrons. The number of amides is 1. The SMILES string of the molecule is CCc1cc(NC(=O)COc2cccc(C(C)C)c2)n[nH]1. The first-order valence-electron chi connectivity index (χ1n) is 7.15.